The van der Waals surface area contributed by atoms with E-state index in [-0.39, 0.29) is 17.1 Å². The Hall–Kier alpha value is -3.64. The highest BCUT2D eigenvalue weighted by Crippen LogP contribution is 2.42. The largest absolute Gasteiger partial charge is 0.508 e. The topological polar surface area (TPSA) is 90.7 Å². The summed E-state index contributed by atoms with van der Waals surface area (Å²) in [5, 5.41) is 21.0. The van der Waals surface area contributed by atoms with Gasteiger partial charge in [-0.3, -0.25) is 19.5 Å². The smallest absolute Gasteiger partial charge is 0.300 e. The molecule has 0 aliphatic carbocycles. The lowest BCUT2D eigenvalue weighted by Crippen LogP contribution is -2.29. The standard InChI is InChI=1S/C22H15ClN2O4/c23-15-7-3-14(4-8-15)20(27)18-19(13-5-9-17(26)10-6-13)25(22(29)21(18)28)16-2-1-11-24-12-16/h1-12,19,26-27H/t19-/m1/s1. The van der Waals surface area contributed by atoms with Crippen LogP contribution in [0.4, 0.5) is 5.69 Å². The van der Waals surface area contributed by atoms with Crippen LogP contribution in [0.5, 0.6) is 5.75 Å². The number of amides is 1. The molecule has 0 bridgehead atoms. The van der Waals surface area contributed by atoms with Crippen LogP contribution in [0, 0.1) is 0 Å². The fourth-order valence-electron chi connectivity index (χ4n) is 3.33. The molecule has 144 valence electrons. The number of pyridine rings is 1. The molecule has 1 atom stereocenters. The van der Waals surface area contributed by atoms with Gasteiger partial charge in [-0.1, -0.05) is 23.7 Å². The van der Waals surface area contributed by atoms with Crippen LogP contribution in [0.3, 0.4) is 0 Å². The quantitative estimate of drug-likeness (QED) is 0.389. The summed E-state index contributed by atoms with van der Waals surface area (Å²) in [4.78, 5) is 31.1. The Bertz CT molecular complexity index is 1110. The van der Waals surface area contributed by atoms with E-state index in [9.17, 15) is 19.8 Å². The minimum absolute atomic E-state index is 0.0461. The predicted octanol–water partition coefficient (Wildman–Crippen LogP) is 4.07. The zero-order valence-corrected chi connectivity index (χ0v) is 15.7. The van der Waals surface area contributed by atoms with E-state index in [1.807, 2.05) is 0 Å². The number of benzene rings is 2. The van der Waals surface area contributed by atoms with Crippen molar-refractivity contribution >= 4 is 34.7 Å². The molecule has 2 N–H and O–H groups in total. The molecule has 4 rings (SSSR count). The minimum Gasteiger partial charge on any atom is -0.508 e. The molecular weight excluding hydrogens is 392 g/mol. The van der Waals surface area contributed by atoms with Crippen LogP contribution in [0.2, 0.25) is 5.02 Å². The molecule has 7 heteroatoms. The normalized spacial score (nSPS) is 18.2. The third-order valence-electron chi connectivity index (χ3n) is 4.70. The second-order valence-electron chi connectivity index (χ2n) is 6.48. The van der Waals surface area contributed by atoms with Crippen molar-refractivity contribution in [3.8, 4) is 5.75 Å². The number of halogens is 1. The molecule has 3 aromatic rings. The monoisotopic (exact) mass is 406 g/mol. The Morgan fingerprint density at radius 1 is 1.00 bits per heavy atom. The van der Waals surface area contributed by atoms with Crippen LogP contribution in [0.1, 0.15) is 17.2 Å². The number of aromatic hydroxyl groups is 1. The first-order chi connectivity index (χ1) is 14.0. The van der Waals surface area contributed by atoms with E-state index in [0.717, 1.165) is 0 Å². The van der Waals surface area contributed by atoms with E-state index < -0.39 is 17.7 Å². The van der Waals surface area contributed by atoms with Crippen LogP contribution in [-0.4, -0.2) is 26.9 Å². The molecule has 2 aromatic carbocycles. The number of phenols is 1. The molecule has 0 unspecified atom stereocenters. The van der Waals surface area contributed by atoms with Gasteiger partial charge in [0.1, 0.15) is 11.5 Å². The van der Waals surface area contributed by atoms with Crippen LogP contribution in [0.15, 0.2) is 78.6 Å². The lowest BCUT2D eigenvalue weighted by molar-refractivity contribution is -0.132. The maximum absolute atomic E-state index is 12.9. The average Bonchev–Trinajstić information content (AvgIpc) is 3.00. The van der Waals surface area contributed by atoms with E-state index in [4.69, 9.17) is 11.6 Å². The van der Waals surface area contributed by atoms with Crippen LogP contribution >= 0.6 is 11.6 Å². The number of anilines is 1. The average molecular weight is 407 g/mol. The molecule has 0 spiro atoms. The van der Waals surface area contributed by atoms with Crippen LogP contribution in [-0.2, 0) is 9.59 Å². The highest BCUT2D eigenvalue weighted by atomic mass is 35.5. The molecule has 29 heavy (non-hydrogen) atoms. The van der Waals surface area contributed by atoms with Crippen molar-refractivity contribution < 1.29 is 19.8 Å². The third kappa shape index (κ3) is 3.34. The summed E-state index contributed by atoms with van der Waals surface area (Å²) in [6, 6.07) is 14.9. The SMILES string of the molecule is O=C1C(=O)N(c2cccnc2)[C@H](c2ccc(O)cc2)C1=C(O)c1ccc(Cl)cc1. The Balaban J connectivity index is 1.94. The zero-order chi connectivity index (χ0) is 20.5. The number of aliphatic hydroxyl groups excluding tert-OH is 1. The number of Topliss-reactive ketones (excluding diaryl/α,β-unsaturated/α-hetero) is 1. The van der Waals surface area contributed by atoms with E-state index >= 15 is 0 Å². The van der Waals surface area contributed by atoms with Gasteiger partial charge in [0.15, 0.2) is 0 Å². The molecule has 2 heterocycles. The second-order valence-corrected chi connectivity index (χ2v) is 6.92. The Labute approximate surface area is 171 Å². The summed E-state index contributed by atoms with van der Waals surface area (Å²) in [7, 11) is 0. The summed E-state index contributed by atoms with van der Waals surface area (Å²) >= 11 is 5.91. The van der Waals surface area contributed by atoms with Crippen molar-refractivity contribution in [2.24, 2.45) is 0 Å². The van der Waals surface area contributed by atoms with Gasteiger partial charge in [-0.05, 0) is 54.1 Å². The summed E-state index contributed by atoms with van der Waals surface area (Å²) in [5.74, 6) is -1.83. The number of hydrogen-bond acceptors (Lipinski definition) is 5. The Kier molecular flexibility index (Phi) is 4.78. The highest BCUT2D eigenvalue weighted by molar-refractivity contribution is 6.51. The molecule has 1 aliphatic rings. The lowest BCUT2D eigenvalue weighted by atomic mass is 9.95. The van der Waals surface area contributed by atoms with Crippen molar-refractivity contribution in [2.75, 3.05) is 4.90 Å². The highest BCUT2D eigenvalue weighted by Gasteiger charge is 2.47. The van der Waals surface area contributed by atoms with Crippen molar-refractivity contribution in [1.29, 1.82) is 0 Å². The molecule has 6 nitrogen and oxygen atoms in total. The number of aromatic nitrogens is 1. The van der Waals surface area contributed by atoms with Crippen LogP contribution in [0.25, 0.3) is 5.76 Å². The van der Waals surface area contributed by atoms with Gasteiger partial charge in [0.05, 0.1) is 23.5 Å². The summed E-state index contributed by atoms with van der Waals surface area (Å²) < 4.78 is 0. The summed E-state index contributed by atoms with van der Waals surface area (Å²) in [6.07, 6.45) is 3.03. The first-order valence-electron chi connectivity index (χ1n) is 8.73. The number of carbonyl (C=O) groups excluding carboxylic acids is 2. The zero-order valence-electron chi connectivity index (χ0n) is 15.0. The van der Waals surface area contributed by atoms with Gasteiger partial charge < -0.3 is 10.2 Å². The number of rotatable bonds is 3. The first kappa shape index (κ1) is 18.7. The lowest BCUT2D eigenvalue weighted by Gasteiger charge is -2.25. The van der Waals surface area contributed by atoms with Crippen molar-refractivity contribution in [1.82, 2.24) is 4.98 Å². The molecule has 1 aromatic heterocycles. The number of carbonyl (C=O) groups is 2. The summed E-state index contributed by atoms with van der Waals surface area (Å²) in [6.45, 7) is 0. The maximum Gasteiger partial charge on any atom is 0.300 e. The first-order valence-corrected chi connectivity index (χ1v) is 9.11. The number of aliphatic hydroxyl groups is 1. The number of hydrogen-bond donors (Lipinski definition) is 2. The van der Waals surface area contributed by atoms with Crippen molar-refractivity contribution in [3.63, 3.8) is 0 Å². The molecule has 1 saturated heterocycles. The fourth-order valence-corrected chi connectivity index (χ4v) is 3.46. The van der Waals surface area contributed by atoms with E-state index in [1.165, 1.54) is 23.2 Å². The van der Waals surface area contributed by atoms with Gasteiger partial charge in [-0.25, -0.2) is 0 Å². The van der Waals surface area contributed by atoms with E-state index in [2.05, 4.69) is 4.98 Å². The third-order valence-corrected chi connectivity index (χ3v) is 4.95. The van der Waals surface area contributed by atoms with Gasteiger partial charge in [-0.2, -0.15) is 0 Å². The minimum atomic E-state index is -0.879. The van der Waals surface area contributed by atoms with E-state index in [0.29, 0.717) is 21.8 Å². The van der Waals surface area contributed by atoms with E-state index in [1.54, 1.807) is 54.7 Å². The van der Waals surface area contributed by atoms with Gasteiger partial charge in [0.2, 0.25) is 0 Å². The molecular formula is C22H15ClN2O4. The number of phenolic OH excluding ortho intramolecular Hbond substituents is 1. The Morgan fingerprint density at radius 3 is 2.31 bits per heavy atom. The van der Waals surface area contributed by atoms with Crippen LogP contribution < -0.4 is 4.90 Å². The van der Waals surface area contributed by atoms with Gasteiger partial charge in [0.25, 0.3) is 11.7 Å². The molecule has 1 amide bonds. The van der Waals surface area contributed by atoms with Crippen molar-refractivity contribution in [2.45, 2.75) is 6.04 Å². The predicted molar refractivity (Wildman–Crippen MR) is 109 cm³/mol. The second kappa shape index (κ2) is 7.41. The summed E-state index contributed by atoms with van der Waals surface area (Å²) in [5.41, 5.74) is 1.29. The van der Waals surface area contributed by atoms with Gasteiger partial charge in [-0.15, -0.1) is 0 Å². The van der Waals surface area contributed by atoms with Crippen molar-refractivity contribution in [3.05, 3.63) is 94.8 Å². The number of ketones is 1. The van der Waals surface area contributed by atoms with Gasteiger partial charge in [0, 0.05) is 16.8 Å². The molecule has 0 saturated carbocycles. The molecule has 1 aliphatic heterocycles. The fraction of sp³-hybridized carbons (Fsp3) is 0.0455. The Morgan fingerprint density at radius 2 is 1.69 bits per heavy atom. The maximum atomic E-state index is 12.9. The number of nitrogens with zero attached hydrogens (tertiary/aromatic N) is 2. The molecule has 1 fully saturated rings. The molecule has 0 radical (unpaired) electrons. The van der Waals surface area contributed by atoms with Gasteiger partial charge >= 0.3 is 0 Å².